The van der Waals surface area contributed by atoms with Crippen LogP contribution in [0.2, 0.25) is 0 Å². The van der Waals surface area contributed by atoms with Crippen molar-refractivity contribution in [3.05, 3.63) is 109 Å². The fourth-order valence-corrected chi connectivity index (χ4v) is 4.87. The Morgan fingerprint density at radius 1 is 0.500 bits per heavy atom. The molecule has 0 saturated carbocycles. The van der Waals surface area contributed by atoms with Gasteiger partial charge in [0, 0.05) is 12.8 Å². The van der Waals surface area contributed by atoms with Gasteiger partial charge in [0.1, 0.15) is 6.61 Å². The first-order chi connectivity index (χ1) is 25.3. The van der Waals surface area contributed by atoms with E-state index in [9.17, 15) is 14.2 Å². The third kappa shape index (κ3) is 39.5. The van der Waals surface area contributed by atoms with Gasteiger partial charge < -0.3 is 19.3 Å². The highest BCUT2D eigenvalue weighted by atomic mass is 31.2. The summed E-state index contributed by atoms with van der Waals surface area (Å²) in [4.78, 5) is 42.7. The highest BCUT2D eigenvalue weighted by Crippen LogP contribution is 2.35. The Labute approximate surface area is 315 Å². The van der Waals surface area contributed by atoms with Crippen LogP contribution in [-0.2, 0) is 28.2 Å². The van der Waals surface area contributed by atoms with Crippen molar-refractivity contribution in [2.24, 2.45) is 0 Å². The molecule has 0 unspecified atom stereocenters. The lowest BCUT2D eigenvalue weighted by atomic mass is 10.1. The van der Waals surface area contributed by atoms with Gasteiger partial charge in [0.2, 0.25) is 0 Å². The van der Waals surface area contributed by atoms with Crippen LogP contribution in [0.5, 0.6) is 0 Å². The van der Waals surface area contributed by atoms with Gasteiger partial charge >= 0.3 is 19.8 Å². The Morgan fingerprint density at radius 2 is 0.865 bits per heavy atom. The van der Waals surface area contributed by atoms with Crippen molar-refractivity contribution in [2.75, 3.05) is 13.2 Å². The average molecular weight is 743 g/mol. The molecule has 2 N–H and O–H groups in total. The monoisotopic (exact) mass is 742 g/mol. The first kappa shape index (κ1) is 48.7. The molecule has 0 rings (SSSR count). The smallest absolute Gasteiger partial charge is 0.462 e. The molecule has 0 heterocycles. The molecule has 8 nitrogen and oxygen atoms in total. The number of hydrogen-bond acceptors (Lipinski definition) is 6. The Bertz CT molecular complexity index is 1200. The van der Waals surface area contributed by atoms with Crippen molar-refractivity contribution < 1.29 is 37.9 Å². The molecule has 0 fully saturated rings. The number of rotatable bonds is 33. The van der Waals surface area contributed by atoms with E-state index in [1.165, 1.54) is 0 Å². The summed E-state index contributed by atoms with van der Waals surface area (Å²) in [5.74, 6) is -0.986. The van der Waals surface area contributed by atoms with E-state index in [-0.39, 0.29) is 19.4 Å². The topological polar surface area (TPSA) is 119 Å². The second-order valence-electron chi connectivity index (χ2n) is 12.1. The van der Waals surface area contributed by atoms with Crippen molar-refractivity contribution in [2.45, 2.75) is 136 Å². The molecule has 0 aromatic carbocycles. The fraction of sp³-hybridized carbons (Fsp3) is 0.535. The zero-order chi connectivity index (χ0) is 38.2. The summed E-state index contributed by atoms with van der Waals surface area (Å²) in [6, 6.07) is 0. The number of phosphoric acid groups is 1. The first-order valence-electron chi connectivity index (χ1n) is 19.2. The van der Waals surface area contributed by atoms with Crippen molar-refractivity contribution in [3.63, 3.8) is 0 Å². The molecule has 1 atom stereocenters. The van der Waals surface area contributed by atoms with Gasteiger partial charge in [-0.1, -0.05) is 130 Å². The molecule has 0 aromatic rings. The molecule has 0 aliphatic rings. The number of phosphoric ester groups is 1. The summed E-state index contributed by atoms with van der Waals surface area (Å²) < 4.78 is 26.3. The average Bonchev–Trinajstić information content (AvgIpc) is 3.11. The van der Waals surface area contributed by atoms with E-state index in [1.54, 1.807) is 0 Å². The lowest BCUT2D eigenvalue weighted by Gasteiger charge is -2.18. The van der Waals surface area contributed by atoms with Crippen LogP contribution in [0.25, 0.3) is 0 Å². The molecule has 0 aromatic heterocycles. The number of hydrogen-bond donors (Lipinski definition) is 2. The zero-order valence-corrected chi connectivity index (χ0v) is 32.8. The third-order valence-electron chi connectivity index (χ3n) is 7.29. The normalized spacial score (nSPS) is 13.7. The van der Waals surface area contributed by atoms with E-state index in [1.807, 2.05) is 0 Å². The number of carbonyl (C=O) groups is 2. The minimum absolute atomic E-state index is 0.145. The molecular formula is C43H67O8P. The van der Waals surface area contributed by atoms with Gasteiger partial charge in [-0.25, -0.2) is 4.57 Å². The van der Waals surface area contributed by atoms with Gasteiger partial charge in [-0.05, 0) is 96.3 Å². The van der Waals surface area contributed by atoms with Gasteiger partial charge in [0.05, 0.1) is 6.61 Å². The summed E-state index contributed by atoms with van der Waals surface area (Å²) in [5, 5.41) is 0. The SMILES string of the molecule is CC/C=C\C/C=C\C/C=C\C/C=C\C/C=C\CCCCCC(=O)OC[C@H](COP(=O)(O)O)OC(=O)CCCC/C=C\C/C=C\C/C=C\C/C=C\CC. The van der Waals surface area contributed by atoms with E-state index in [0.29, 0.717) is 12.8 Å². The van der Waals surface area contributed by atoms with Crippen LogP contribution < -0.4 is 0 Å². The van der Waals surface area contributed by atoms with E-state index in [2.05, 4.69) is 128 Å². The van der Waals surface area contributed by atoms with Crippen LogP contribution in [0.1, 0.15) is 129 Å². The third-order valence-corrected chi connectivity index (χ3v) is 7.77. The molecule has 0 bridgehead atoms. The number of ether oxygens (including phenoxy) is 2. The molecule has 0 aliphatic heterocycles. The van der Waals surface area contributed by atoms with Crippen LogP contribution in [0, 0.1) is 0 Å². The number of unbranched alkanes of at least 4 members (excludes halogenated alkanes) is 5. The molecule has 0 aliphatic carbocycles. The molecule has 292 valence electrons. The standard InChI is InChI=1S/C43H67O8P/c1-3-5-7-9-11-13-15-17-19-20-21-22-24-25-27-29-31-33-35-37-42(44)49-39-41(40-50-52(46,47)48)51-43(45)38-36-34-32-30-28-26-23-18-16-14-12-10-8-6-4-2/h5-8,11-14,17-19,21-23,25,27-28,30,41H,3-4,9-10,15-16,20,24,26,29,31-40H2,1-2H3,(H2,46,47,48)/b7-5-,8-6-,13-11-,14-12-,19-17-,22-21-,23-18-,27-25-,30-28-/t41-/m1/s1. The van der Waals surface area contributed by atoms with Crippen LogP contribution >= 0.6 is 7.82 Å². The number of esters is 2. The maximum absolute atomic E-state index is 12.4. The summed E-state index contributed by atoms with van der Waals surface area (Å²) in [5.41, 5.74) is 0. The van der Waals surface area contributed by atoms with E-state index < -0.39 is 32.5 Å². The Kier molecular flexibility index (Phi) is 35.1. The van der Waals surface area contributed by atoms with Crippen molar-refractivity contribution in [1.82, 2.24) is 0 Å². The van der Waals surface area contributed by atoms with E-state index in [4.69, 9.17) is 19.3 Å². The van der Waals surface area contributed by atoms with Gasteiger partial charge in [-0.2, -0.15) is 0 Å². The minimum atomic E-state index is -4.78. The van der Waals surface area contributed by atoms with Crippen molar-refractivity contribution >= 4 is 19.8 Å². The first-order valence-corrected chi connectivity index (χ1v) is 20.7. The zero-order valence-electron chi connectivity index (χ0n) is 31.9. The molecule has 0 radical (unpaired) electrons. The Hall–Kier alpha value is -3.29. The van der Waals surface area contributed by atoms with Crippen LogP contribution in [0.15, 0.2) is 109 Å². The molecule has 52 heavy (non-hydrogen) atoms. The minimum Gasteiger partial charge on any atom is -0.462 e. The summed E-state index contributed by atoms with van der Waals surface area (Å²) in [6.07, 6.45) is 52.4. The Morgan fingerprint density at radius 3 is 1.29 bits per heavy atom. The molecule has 9 heteroatoms. The summed E-state index contributed by atoms with van der Waals surface area (Å²) in [6.45, 7) is 3.36. The Balaban J connectivity index is 4.13. The van der Waals surface area contributed by atoms with Gasteiger partial charge in [-0.3, -0.25) is 14.1 Å². The molecule has 0 amide bonds. The number of allylic oxidation sites excluding steroid dienone is 18. The maximum Gasteiger partial charge on any atom is 0.469 e. The van der Waals surface area contributed by atoms with E-state index in [0.717, 1.165) is 89.9 Å². The van der Waals surface area contributed by atoms with Crippen molar-refractivity contribution in [3.8, 4) is 0 Å². The lowest BCUT2D eigenvalue weighted by molar-refractivity contribution is -0.161. The largest absolute Gasteiger partial charge is 0.469 e. The van der Waals surface area contributed by atoms with Crippen LogP contribution in [0.3, 0.4) is 0 Å². The van der Waals surface area contributed by atoms with Crippen molar-refractivity contribution in [1.29, 1.82) is 0 Å². The quantitative estimate of drug-likeness (QED) is 0.0295. The number of carbonyl (C=O) groups excluding carboxylic acids is 2. The van der Waals surface area contributed by atoms with Gasteiger partial charge in [0.15, 0.2) is 6.10 Å². The lowest BCUT2D eigenvalue weighted by Crippen LogP contribution is -2.29. The second kappa shape index (κ2) is 37.5. The predicted octanol–water partition coefficient (Wildman–Crippen LogP) is 11.6. The van der Waals surface area contributed by atoms with Gasteiger partial charge in [-0.15, -0.1) is 0 Å². The maximum atomic E-state index is 12.4. The van der Waals surface area contributed by atoms with E-state index >= 15 is 0 Å². The highest BCUT2D eigenvalue weighted by molar-refractivity contribution is 7.46. The second-order valence-corrected chi connectivity index (χ2v) is 13.4. The molecular weight excluding hydrogens is 675 g/mol. The van der Waals surface area contributed by atoms with Gasteiger partial charge in [0.25, 0.3) is 0 Å². The predicted molar refractivity (Wildman–Crippen MR) is 216 cm³/mol. The highest BCUT2D eigenvalue weighted by Gasteiger charge is 2.22. The fourth-order valence-electron chi connectivity index (χ4n) is 4.51. The molecule has 0 spiro atoms. The van der Waals surface area contributed by atoms with Crippen LogP contribution in [-0.4, -0.2) is 41.0 Å². The molecule has 0 saturated heterocycles. The summed E-state index contributed by atoms with van der Waals surface area (Å²) in [7, 11) is -4.78. The van der Waals surface area contributed by atoms with Crippen LogP contribution in [0.4, 0.5) is 0 Å². The summed E-state index contributed by atoms with van der Waals surface area (Å²) >= 11 is 0.